The summed E-state index contributed by atoms with van der Waals surface area (Å²) in [6, 6.07) is 6.52. The monoisotopic (exact) mass is 194 g/mol. The molecule has 1 aromatic carbocycles. The molecule has 0 atom stereocenters. The number of anilines is 1. The van der Waals surface area contributed by atoms with Crippen LogP contribution in [0.1, 0.15) is 0 Å². The molecular weight excluding hydrogens is 184 g/mol. The van der Waals surface area contributed by atoms with Gasteiger partial charge in [-0.25, -0.2) is 4.79 Å². The first-order valence-electron chi connectivity index (χ1n) is 3.96. The molecule has 74 valence electrons. The molecule has 5 nitrogen and oxygen atoms in total. The number of hydrogen-bond acceptors (Lipinski definition) is 3. The predicted molar refractivity (Wildman–Crippen MR) is 51.2 cm³/mol. The first-order valence-corrected chi connectivity index (χ1v) is 3.96. The van der Waals surface area contributed by atoms with Crippen LogP contribution in [0, 0.1) is 0 Å². The molecular formula is C9H10N2O3. The molecule has 0 aliphatic heterocycles. The lowest BCUT2D eigenvalue weighted by Gasteiger charge is -2.04. The molecule has 0 heterocycles. The normalized spacial score (nSPS) is 8.93. The van der Waals surface area contributed by atoms with Crippen molar-refractivity contribution >= 4 is 18.2 Å². The second-order valence-corrected chi connectivity index (χ2v) is 2.43. The highest BCUT2D eigenvalue weighted by molar-refractivity contribution is 5.74. The highest BCUT2D eigenvalue weighted by atomic mass is 16.5. The van der Waals surface area contributed by atoms with Gasteiger partial charge in [0.1, 0.15) is 5.75 Å². The highest BCUT2D eigenvalue weighted by Gasteiger charge is 2.01. The number of nitrogens with one attached hydrogen (secondary N) is 2. The molecule has 2 N–H and O–H groups in total. The minimum Gasteiger partial charge on any atom is -0.410 e. The van der Waals surface area contributed by atoms with Gasteiger partial charge in [0.15, 0.2) is 0 Å². The Bertz CT molecular complexity index is 339. The van der Waals surface area contributed by atoms with Crippen LogP contribution >= 0.6 is 0 Å². The van der Waals surface area contributed by atoms with Gasteiger partial charge >= 0.3 is 6.09 Å². The molecule has 0 fully saturated rings. The Kier molecular flexibility index (Phi) is 3.49. The summed E-state index contributed by atoms with van der Waals surface area (Å²) in [5, 5.41) is 4.76. The van der Waals surface area contributed by atoms with Gasteiger partial charge in [0.05, 0.1) is 0 Å². The number of carbonyl (C=O) groups excluding carboxylic acids is 2. The van der Waals surface area contributed by atoms with E-state index in [0.29, 0.717) is 17.8 Å². The van der Waals surface area contributed by atoms with E-state index in [0.717, 1.165) is 0 Å². The van der Waals surface area contributed by atoms with Crippen LogP contribution in [0.3, 0.4) is 0 Å². The summed E-state index contributed by atoms with van der Waals surface area (Å²) in [5.41, 5.74) is 0.571. The van der Waals surface area contributed by atoms with Crippen molar-refractivity contribution in [3.05, 3.63) is 24.3 Å². The van der Waals surface area contributed by atoms with Crippen molar-refractivity contribution in [1.29, 1.82) is 0 Å². The van der Waals surface area contributed by atoms with Crippen LogP contribution in [0.5, 0.6) is 5.75 Å². The average Bonchev–Trinajstić information content (AvgIpc) is 2.19. The summed E-state index contributed by atoms with van der Waals surface area (Å²) in [6.07, 6.45) is 0.00666. The first-order chi connectivity index (χ1) is 6.76. The summed E-state index contributed by atoms with van der Waals surface area (Å²) in [5.74, 6) is 0.371. The fraction of sp³-hybridized carbons (Fsp3) is 0.111. The summed E-state index contributed by atoms with van der Waals surface area (Å²) in [6.45, 7) is 0. The van der Waals surface area contributed by atoms with Crippen LogP contribution in [-0.2, 0) is 4.79 Å². The largest absolute Gasteiger partial charge is 0.412 e. The van der Waals surface area contributed by atoms with Gasteiger partial charge in [-0.05, 0) is 12.1 Å². The van der Waals surface area contributed by atoms with Gasteiger partial charge in [0, 0.05) is 18.8 Å². The molecule has 14 heavy (non-hydrogen) atoms. The summed E-state index contributed by atoms with van der Waals surface area (Å²) in [7, 11) is 1.47. The standard InChI is InChI=1S/C9H10N2O3/c1-10-9(13)14-8-4-2-3-7(5-8)11-6-12/h2-6H,1H3,(H,10,13)(H,11,12). The summed E-state index contributed by atoms with van der Waals surface area (Å²) < 4.78 is 4.84. The second kappa shape index (κ2) is 4.86. The van der Waals surface area contributed by atoms with Crippen LogP contribution in [0.2, 0.25) is 0 Å². The van der Waals surface area contributed by atoms with E-state index in [1.165, 1.54) is 7.05 Å². The average molecular weight is 194 g/mol. The highest BCUT2D eigenvalue weighted by Crippen LogP contribution is 2.16. The minimum atomic E-state index is -0.548. The Morgan fingerprint density at radius 2 is 2.29 bits per heavy atom. The maximum atomic E-state index is 10.8. The molecule has 0 aliphatic rings. The Labute approximate surface area is 81.1 Å². The van der Waals surface area contributed by atoms with Crippen LogP contribution in [0.25, 0.3) is 0 Å². The molecule has 0 saturated heterocycles. The predicted octanol–water partition coefficient (Wildman–Crippen LogP) is 0.973. The maximum Gasteiger partial charge on any atom is 0.412 e. The van der Waals surface area contributed by atoms with E-state index in [9.17, 15) is 9.59 Å². The maximum absolute atomic E-state index is 10.8. The Morgan fingerprint density at radius 3 is 2.93 bits per heavy atom. The van der Waals surface area contributed by atoms with Gasteiger partial charge < -0.3 is 15.4 Å². The number of hydrogen-bond donors (Lipinski definition) is 2. The van der Waals surface area contributed by atoms with E-state index in [4.69, 9.17) is 4.74 Å². The SMILES string of the molecule is CNC(=O)Oc1cccc(NC=O)c1. The molecule has 0 aromatic heterocycles. The zero-order valence-electron chi connectivity index (χ0n) is 7.61. The molecule has 5 heteroatoms. The van der Waals surface area contributed by atoms with Gasteiger partial charge in [0.2, 0.25) is 6.41 Å². The smallest absolute Gasteiger partial charge is 0.410 e. The molecule has 1 aromatic rings. The number of rotatable bonds is 3. The lowest BCUT2D eigenvalue weighted by molar-refractivity contribution is -0.105. The van der Waals surface area contributed by atoms with Crippen LogP contribution in [-0.4, -0.2) is 19.6 Å². The van der Waals surface area contributed by atoms with Gasteiger partial charge in [-0.15, -0.1) is 0 Å². The Morgan fingerprint density at radius 1 is 1.50 bits per heavy atom. The molecule has 0 saturated carbocycles. The van der Waals surface area contributed by atoms with E-state index in [1.54, 1.807) is 24.3 Å². The van der Waals surface area contributed by atoms with E-state index < -0.39 is 6.09 Å². The second-order valence-electron chi connectivity index (χ2n) is 2.43. The van der Waals surface area contributed by atoms with Crippen molar-refractivity contribution in [1.82, 2.24) is 5.32 Å². The number of benzene rings is 1. The fourth-order valence-electron chi connectivity index (χ4n) is 0.875. The lowest BCUT2D eigenvalue weighted by atomic mass is 10.3. The van der Waals surface area contributed by atoms with Crippen molar-refractivity contribution < 1.29 is 14.3 Å². The topological polar surface area (TPSA) is 67.4 Å². The van der Waals surface area contributed by atoms with E-state index in [1.807, 2.05) is 0 Å². The van der Waals surface area contributed by atoms with Gasteiger partial charge in [-0.2, -0.15) is 0 Å². The summed E-state index contributed by atoms with van der Waals surface area (Å²) in [4.78, 5) is 21.0. The molecule has 0 spiro atoms. The number of ether oxygens (including phenoxy) is 1. The van der Waals surface area contributed by atoms with Crippen molar-refractivity contribution in [2.75, 3.05) is 12.4 Å². The zero-order chi connectivity index (χ0) is 10.4. The molecule has 0 radical (unpaired) electrons. The van der Waals surface area contributed by atoms with Crippen molar-refractivity contribution in [2.45, 2.75) is 0 Å². The first kappa shape index (κ1) is 10.0. The van der Waals surface area contributed by atoms with E-state index >= 15 is 0 Å². The third kappa shape index (κ3) is 2.78. The quantitative estimate of drug-likeness (QED) is 0.704. The zero-order valence-corrected chi connectivity index (χ0v) is 7.61. The van der Waals surface area contributed by atoms with Gasteiger partial charge in [-0.1, -0.05) is 6.07 Å². The van der Waals surface area contributed by atoms with Gasteiger partial charge in [-0.3, -0.25) is 4.79 Å². The molecule has 0 aliphatic carbocycles. The summed E-state index contributed by atoms with van der Waals surface area (Å²) >= 11 is 0. The van der Waals surface area contributed by atoms with Crippen molar-refractivity contribution in [3.63, 3.8) is 0 Å². The number of carbonyl (C=O) groups is 2. The van der Waals surface area contributed by atoms with Crippen molar-refractivity contribution in [2.24, 2.45) is 0 Å². The van der Waals surface area contributed by atoms with E-state index in [-0.39, 0.29) is 0 Å². The lowest BCUT2D eigenvalue weighted by Crippen LogP contribution is -2.22. The molecule has 1 rings (SSSR count). The third-order valence-electron chi connectivity index (χ3n) is 1.47. The van der Waals surface area contributed by atoms with E-state index in [2.05, 4.69) is 10.6 Å². The fourth-order valence-corrected chi connectivity index (χ4v) is 0.875. The van der Waals surface area contributed by atoms with Crippen molar-refractivity contribution in [3.8, 4) is 5.75 Å². The van der Waals surface area contributed by atoms with Crippen LogP contribution in [0.15, 0.2) is 24.3 Å². The molecule has 2 amide bonds. The van der Waals surface area contributed by atoms with Crippen LogP contribution < -0.4 is 15.4 Å². The minimum absolute atomic E-state index is 0.371. The number of amides is 2. The van der Waals surface area contributed by atoms with Gasteiger partial charge in [0.25, 0.3) is 0 Å². The molecule has 0 unspecified atom stereocenters. The Hall–Kier alpha value is -2.04. The third-order valence-corrected chi connectivity index (χ3v) is 1.47. The van der Waals surface area contributed by atoms with Crippen LogP contribution in [0.4, 0.5) is 10.5 Å². The Balaban J connectivity index is 2.72. The molecule has 0 bridgehead atoms.